The number of carbonyl (C=O) groups excluding carboxylic acids is 1. The van der Waals surface area contributed by atoms with Crippen molar-refractivity contribution in [3.05, 3.63) is 21.3 Å². The summed E-state index contributed by atoms with van der Waals surface area (Å²) in [5, 5.41) is 5.32. The number of ether oxygens (including phenoxy) is 1. The molecule has 0 aliphatic carbocycles. The van der Waals surface area contributed by atoms with Gasteiger partial charge in [-0.15, -0.1) is 17.8 Å². The molecular formula is C14H18ClN3O2S. The van der Waals surface area contributed by atoms with Gasteiger partial charge in [0.05, 0.1) is 23.6 Å². The number of carbonyl (C=O) groups is 1. The number of hydrogen-bond acceptors (Lipinski definition) is 4. The van der Waals surface area contributed by atoms with Crippen LogP contribution in [0.2, 0.25) is 4.34 Å². The molecule has 0 bridgehead atoms. The Hall–Kier alpha value is -1.26. The Morgan fingerprint density at radius 1 is 1.57 bits per heavy atom. The third kappa shape index (κ3) is 5.56. The first kappa shape index (κ1) is 16.1. The van der Waals surface area contributed by atoms with Gasteiger partial charge in [-0.1, -0.05) is 17.5 Å². The average Bonchev–Trinajstić information content (AvgIpc) is 2.88. The maximum atomic E-state index is 11.4. The van der Waals surface area contributed by atoms with Gasteiger partial charge in [0, 0.05) is 31.1 Å². The quantitative estimate of drug-likeness (QED) is 0.807. The predicted octanol–water partition coefficient (Wildman–Crippen LogP) is 1.53. The minimum absolute atomic E-state index is 0.00855. The maximum absolute atomic E-state index is 11.4. The van der Waals surface area contributed by atoms with Gasteiger partial charge in [-0.25, -0.2) is 4.79 Å². The normalized spacial score (nSPS) is 19.0. The smallest absolute Gasteiger partial charge is 0.315 e. The van der Waals surface area contributed by atoms with Crippen molar-refractivity contribution in [1.82, 2.24) is 15.5 Å². The van der Waals surface area contributed by atoms with Crippen LogP contribution in [-0.4, -0.2) is 49.8 Å². The molecule has 1 aliphatic rings. The number of rotatable bonds is 5. The summed E-state index contributed by atoms with van der Waals surface area (Å²) in [6, 6.07) is 3.69. The molecule has 2 amide bonds. The van der Waals surface area contributed by atoms with E-state index >= 15 is 0 Å². The highest BCUT2D eigenvalue weighted by atomic mass is 35.5. The third-order valence-corrected chi connectivity index (χ3v) is 4.29. The Morgan fingerprint density at radius 3 is 3.14 bits per heavy atom. The molecule has 1 aromatic heterocycles. The second-order valence-electron chi connectivity index (χ2n) is 4.70. The average molecular weight is 328 g/mol. The molecule has 0 radical (unpaired) electrons. The summed E-state index contributed by atoms with van der Waals surface area (Å²) in [6.07, 6.45) is 5.07. The summed E-state index contributed by atoms with van der Waals surface area (Å²) in [5.41, 5.74) is 0. The summed E-state index contributed by atoms with van der Waals surface area (Å²) >= 11 is 7.53. The molecule has 1 fully saturated rings. The molecule has 0 saturated carbocycles. The maximum Gasteiger partial charge on any atom is 0.315 e. The van der Waals surface area contributed by atoms with Crippen LogP contribution in [0.3, 0.4) is 0 Å². The van der Waals surface area contributed by atoms with E-state index in [4.69, 9.17) is 22.8 Å². The minimum Gasteiger partial charge on any atom is -0.374 e. The molecule has 1 aliphatic heterocycles. The Labute approximate surface area is 133 Å². The fraction of sp³-hybridized carbons (Fsp3) is 0.500. The molecule has 21 heavy (non-hydrogen) atoms. The zero-order valence-electron chi connectivity index (χ0n) is 11.6. The first-order chi connectivity index (χ1) is 10.2. The van der Waals surface area contributed by atoms with Crippen molar-refractivity contribution in [3.63, 3.8) is 0 Å². The van der Waals surface area contributed by atoms with Gasteiger partial charge in [0.1, 0.15) is 0 Å². The van der Waals surface area contributed by atoms with Crippen molar-refractivity contribution in [3.8, 4) is 12.3 Å². The van der Waals surface area contributed by atoms with E-state index in [2.05, 4.69) is 21.5 Å². The van der Waals surface area contributed by atoms with Crippen LogP contribution in [0.1, 0.15) is 4.88 Å². The predicted molar refractivity (Wildman–Crippen MR) is 84.6 cm³/mol. The van der Waals surface area contributed by atoms with Crippen LogP contribution in [0.25, 0.3) is 0 Å². The number of hydrogen-bond donors (Lipinski definition) is 2. The highest BCUT2D eigenvalue weighted by Gasteiger charge is 2.21. The van der Waals surface area contributed by atoms with E-state index in [0.29, 0.717) is 13.2 Å². The summed E-state index contributed by atoms with van der Waals surface area (Å²) in [4.78, 5) is 15.0. The Balaban J connectivity index is 1.73. The number of thiophene rings is 1. The van der Waals surface area contributed by atoms with Crippen molar-refractivity contribution < 1.29 is 9.53 Å². The number of urea groups is 1. The van der Waals surface area contributed by atoms with Gasteiger partial charge in [0.25, 0.3) is 0 Å². The number of nitrogens with zero attached hydrogens (tertiary/aromatic N) is 1. The lowest BCUT2D eigenvalue weighted by Crippen LogP contribution is -2.48. The number of amides is 2. The van der Waals surface area contributed by atoms with Gasteiger partial charge in [0.15, 0.2) is 0 Å². The lowest BCUT2D eigenvalue weighted by Gasteiger charge is -2.32. The Kier molecular flexibility index (Phi) is 6.33. The van der Waals surface area contributed by atoms with E-state index in [9.17, 15) is 4.79 Å². The minimum atomic E-state index is -0.265. The summed E-state index contributed by atoms with van der Waals surface area (Å²) in [7, 11) is 0. The second-order valence-corrected chi connectivity index (χ2v) is 6.50. The molecule has 1 atom stereocenters. The van der Waals surface area contributed by atoms with E-state index in [-0.39, 0.29) is 18.7 Å². The van der Waals surface area contributed by atoms with Crippen molar-refractivity contribution in [2.45, 2.75) is 12.6 Å². The van der Waals surface area contributed by atoms with Crippen LogP contribution in [0.4, 0.5) is 4.79 Å². The van der Waals surface area contributed by atoms with E-state index in [1.165, 1.54) is 4.88 Å². The lowest BCUT2D eigenvalue weighted by molar-refractivity contribution is -0.0283. The highest BCUT2D eigenvalue weighted by Crippen LogP contribution is 2.23. The molecule has 0 aromatic carbocycles. The summed E-state index contributed by atoms with van der Waals surface area (Å²) in [5.74, 6) is 2.35. The van der Waals surface area contributed by atoms with Gasteiger partial charge >= 0.3 is 6.03 Å². The van der Waals surface area contributed by atoms with Gasteiger partial charge < -0.3 is 15.4 Å². The Bertz CT molecular complexity index is 515. The highest BCUT2D eigenvalue weighted by molar-refractivity contribution is 7.16. The molecule has 2 heterocycles. The van der Waals surface area contributed by atoms with Crippen LogP contribution >= 0.6 is 22.9 Å². The number of nitrogens with one attached hydrogen (secondary N) is 2. The van der Waals surface area contributed by atoms with Crippen LogP contribution in [0.15, 0.2) is 12.1 Å². The van der Waals surface area contributed by atoms with E-state index in [1.54, 1.807) is 11.3 Å². The lowest BCUT2D eigenvalue weighted by atomic mass is 10.2. The van der Waals surface area contributed by atoms with Crippen molar-refractivity contribution >= 4 is 29.0 Å². The Morgan fingerprint density at radius 2 is 2.43 bits per heavy atom. The SMILES string of the molecule is C#CCNC(=O)NC[C@H]1CN(Cc2ccc(Cl)s2)CCO1. The summed E-state index contributed by atoms with van der Waals surface area (Å²) < 4.78 is 6.47. The van der Waals surface area contributed by atoms with Crippen molar-refractivity contribution in [2.24, 2.45) is 0 Å². The van der Waals surface area contributed by atoms with Crippen molar-refractivity contribution in [1.29, 1.82) is 0 Å². The zero-order valence-corrected chi connectivity index (χ0v) is 13.2. The van der Waals surface area contributed by atoms with Gasteiger partial charge in [-0.05, 0) is 12.1 Å². The first-order valence-corrected chi connectivity index (χ1v) is 7.90. The molecule has 5 nitrogen and oxygen atoms in total. The standard InChI is InChI=1S/C14H18ClN3O2S/c1-2-5-16-14(19)17-8-11-9-18(6-7-20-11)10-12-3-4-13(15)21-12/h1,3-4,11H,5-10H2,(H2,16,17,19)/t11-/m0/s1. The molecule has 1 aromatic rings. The molecule has 114 valence electrons. The molecule has 7 heteroatoms. The molecular weight excluding hydrogens is 310 g/mol. The molecule has 1 saturated heterocycles. The van der Waals surface area contributed by atoms with Crippen molar-refractivity contribution in [2.75, 3.05) is 32.8 Å². The number of halogens is 1. The van der Waals surface area contributed by atoms with E-state index in [0.717, 1.165) is 24.0 Å². The van der Waals surface area contributed by atoms with Gasteiger partial charge in [-0.2, -0.15) is 0 Å². The monoisotopic (exact) mass is 327 g/mol. The topological polar surface area (TPSA) is 53.6 Å². The first-order valence-electron chi connectivity index (χ1n) is 6.70. The number of terminal acetylenes is 1. The van der Waals surface area contributed by atoms with Gasteiger partial charge in [-0.3, -0.25) is 4.90 Å². The second kappa shape index (κ2) is 8.25. The van der Waals surface area contributed by atoms with Gasteiger partial charge in [0.2, 0.25) is 0 Å². The van der Waals surface area contributed by atoms with E-state index < -0.39 is 0 Å². The third-order valence-electron chi connectivity index (χ3n) is 3.07. The molecule has 2 N–H and O–H groups in total. The zero-order chi connectivity index (χ0) is 15.1. The van der Waals surface area contributed by atoms with Crippen LogP contribution in [0, 0.1) is 12.3 Å². The summed E-state index contributed by atoms with van der Waals surface area (Å²) in [6.45, 7) is 3.89. The number of morpholine rings is 1. The molecule has 0 spiro atoms. The largest absolute Gasteiger partial charge is 0.374 e. The molecule has 0 unspecified atom stereocenters. The fourth-order valence-electron chi connectivity index (χ4n) is 2.10. The van der Waals surface area contributed by atoms with Crippen LogP contribution in [-0.2, 0) is 11.3 Å². The van der Waals surface area contributed by atoms with Crippen LogP contribution < -0.4 is 10.6 Å². The molecule has 2 rings (SSSR count). The van der Waals surface area contributed by atoms with Crippen LogP contribution in [0.5, 0.6) is 0 Å². The van der Waals surface area contributed by atoms with E-state index in [1.807, 2.05) is 12.1 Å². The fourth-order valence-corrected chi connectivity index (χ4v) is 3.24.